The number of pyridine rings is 1. The fourth-order valence-electron chi connectivity index (χ4n) is 2.62. The highest BCUT2D eigenvalue weighted by molar-refractivity contribution is 6.33. The van der Waals surface area contributed by atoms with Gasteiger partial charge in [-0.15, -0.1) is 0 Å². The third kappa shape index (κ3) is 3.01. The number of rotatable bonds is 3. The molecule has 1 aromatic heterocycles. The third-order valence-corrected chi connectivity index (χ3v) is 3.85. The molecule has 1 heterocycles. The molecule has 0 saturated heterocycles. The maximum Gasteiger partial charge on any atom is 0.308 e. The monoisotopic (exact) mass is 323 g/mol. The van der Waals surface area contributed by atoms with Gasteiger partial charge in [0.2, 0.25) is 0 Å². The van der Waals surface area contributed by atoms with Gasteiger partial charge in [-0.1, -0.05) is 41.3 Å². The number of carbonyl (C=O) groups is 1. The summed E-state index contributed by atoms with van der Waals surface area (Å²) in [5.74, 6) is -1.08. The Balaban J connectivity index is 2.42. The number of benzene rings is 2. The number of halogens is 1. The highest BCUT2D eigenvalue weighted by atomic mass is 35.5. The van der Waals surface area contributed by atoms with Crippen LogP contribution in [0, 0.1) is 0 Å². The van der Waals surface area contributed by atoms with Crippen molar-refractivity contribution in [1.29, 1.82) is 0 Å². The summed E-state index contributed by atoms with van der Waals surface area (Å²) in [5, 5.41) is 10.4. The van der Waals surface area contributed by atoms with Crippen LogP contribution in [0.3, 0.4) is 0 Å². The van der Waals surface area contributed by atoms with Gasteiger partial charge < -0.3 is 10.1 Å². The summed E-state index contributed by atoms with van der Waals surface area (Å²) in [7, 11) is 5.85. The zero-order chi connectivity index (χ0) is 16.6. The van der Waals surface area contributed by atoms with E-state index in [0.29, 0.717) is 32.5 Å². The maximum absolute atomic E-state index is 12.3. The molecule has 0 saturated carbocycles. The van der Waals surface area contributed by atoms with E-state index in [1.807, 2.05) is 0 Å². The summed E-state index contributed by atoms with van der Waals surface area (Å²) in [6.45, 7) is 0. The second-order valence-corrected chi connectivity index (χ2v) is 5.63. The van der Waals surface area contributed by atoms with Gasteiger partial charge >= 0.3 is 5.97 Å². The highest BCUT2D eigenvalue weighted by Crippen LogP contribution is 2.30. The largest absolute Gasteiger partial charge is 0.481 e. The number of aliphatic carboxylic acids is 1. The zero-order valence-corrected chi connectivity index (χ0v) is 12.7. The lowest BCUT2D eigenvalue weighted by Crippen LogP contribution is -2.19. The number of hydrogen-bond donors (Lipinski definition) is 2. The van der Waals surface area contributed by atoms with E-state index in [1.54, 1.807) is 42.5 Å². The number of aromatic nitrogens is 1. The smallest absolute Gasteiger partial charge is 0.308 e. The topological polar surface area (TPSA) is 70.2 Å². The van der Waals surface area contributed by atoms with Crippen LogP contribution in [0.5, 0.6) is 0 Å². The maximum atomic E-state index is 12.3. The van der Waals surface area contributed by atoms with E-state index in [4.69, 9.17) is 24.6 Å². The van der Waals surface area contributed by atoms with Crippen LogP contribution < -0.4 is 11.0 Å². The quantitative estimate of drug-likeness (QED) is 0.726. The number of hydrogen-bond acceptors (Lipinski definition) is 2. The second-order valence-electron chi connectivity index (χ2n) is 5.19. The Bertz CT molecular complexity index is 964. The van der Waals surface area contributed by atoms with Crippen LogP contribution in [-0.4, -0.2) is 23.9 Å². The van der Waals surface area contributed by atoms with Gasteiger partial charge in [-0.3, -0.25) is 9.59 Å². The number of carboxylic acids is 1. The predicted molar refractivity (Wildman–Crippen MR) is 91.7 cm³/mol. The second kappa shape index (κ2) is 5.93. The molecule has 0 atom stereocenters. The first-order valence-electron chi connectivity index (χ1n) is 6.88. The Kier molecular flexibility index (Phi) is 3.97. The molecule has 2 radical (unpaired) electrons. The predicted octanol–water partition coefficient (Wildman–Crippen LogP) is 2.27. The molecule has 2 N–H and O–H groups in total. The van der Waals surface area contributed by atoms with Crippen molar-refractivity contribution in [2.24, 2.45) is 0 Å². The Morgan fingerprint density at radius 2 is 1.87 bits per heavy atom. The Morgan fingerprint density at radius 3 is 2.52 bits per heavy atom. The molecule has 0 unspecified atom stereocenters. The SMILES string of the molecule is [B]c1ccc2[nH]c(=O)c(CC(=O)O)c(-c3ccc(Cl)cc3)c2c1. The normalized spacial score (nSPS) is 10.8. The standard InChI is InChI=1S/C17H11BClNO3/c18-10-3-6-14-12(7-10)16(9-1-4-11(19)5-2-9)13(8-15(21)22)17(23)20-14/h1-7H,8H2,(H,20,23)(H,21,22). The lowest BCUT2D eigenvalue weighted by Gasteiger charge is -2.13. The van der Waals surface area contributed by atoms with Crippen molar-refractivity contribution in [1.82, 2.24) is 4.98 Å². The number of nitrogens with one attached hydrogen (secondary N) is 1. The molecule has 0 aliphatic heterocycles. The molecule has 4 nitrogen and oxygen atoms in total. The highest BCUT2D eigenvalue weighted by Gasteiger charge is 2.17. The fourth-order valence-corrected chi connectivity index (χ4v) is 2.74. The van der Waals surface area contributed by atoms with Gasteiger partial charge in [0.1, 0.15) is 7.85 Å². The Labute approximate surface area is 138 Å². The zero-order valence-electron chi connectivity index (χ0n) is 12.0. The average molecular weight is 324 g/mol. The number of carboxylic acid groups (broad SMARTS) is 1. The number of aromatic amines is 1. The summed E-state index contributed by atoms with van der Waals surface area (Å²) in [5.41, 5.74) is 2.18. The Morgan fingerprint density at radius 1 is 1.17 bits per heavy atom. The molecule has 23 heavy (non-hydrogen) atoms. The van der Waals surface area contributed by atoms with Crippen molar-refractivity contribution >= 4 is 41.8 Å². The molecule has 0 fully saturated rings. The molecular formula is C17H11BClNO3. The van der Waals surface area contributed by atoms with Crippen LogP contribution in [0.25, 0.3) is 22.0 Å². The van der Waals surface area contributed by atoms with Gasteiger partial charge in [0, 0.05) is 27.1 Å². The van der Waals surface area contributed by atoms with Gasteiger partial charge in [0.25, 0.3) is 5.56 Å². The minimum absolute atomic E-state index is 0.193. The van der Waals surface area contributed by atoms with Crippen molar-refractivity contribution in [3.63, 3.8) is 0 Å². The van der Waals surface area contributed by atoms with Crippen LogP contribution in [0.15, 0.2) is 47.3 Å². The minimum Gasteiger partial charge on any atom is -0.481 e. The molecular weight excluding hydrogens is 312 g/mol. The fraction of sp³-hybridized carbons (Fsp3) is 0.0588. The summed E-state index contributed by atoms with van der Waals surface area (Å²) in [6, 6.07) is 12.0. The van der Waals surface area contributed by atoms with E-state index in [2.05, 4.69) is 4.98 Å². The van der Waals surface area contributed by atoms with Gasteiger partial charge in [-0.2, -0.15) is 0 Å². The van der Waals surface area contributed by atoms with E-state index in [-0.39, 0.29) is 12.0 Å². The molecule has 0 bridgehead atoms. The first kappa shape index (κ1) is 15.4. The molecule has 0 spiro atoms. The molecule has 3 aromatic rings. The van der Waals surface area contributed by atoms with Gasteiger partial charge in [0.15, 0.2) is 0 Å². The van der Waals surface area contributed by atoms with Crippen LogP contribution in [0.2, 0.25) is 5.02 Å². The van der Waals surface area contributed by atoms with E-state index in [9.17, 15) is 9.59 Å². The lowest BCUT2D eigenvalue weighted by molar-refractivity contribution is -0.136. The van der Waals surface area contributed by atoms with E-state index in [0.717, 1.165) is 0 Å². The minimum atomic E-state index is -1.08. The molecule has 112 valence electrons. The van der Waals surface area contributed by atoms with Crippen LogP contribution >= 0.6 is 11.6 Å². The van der Waals surface area contributed by atoms with Crippen LogP contribution in [0.4, 0.5) is 0 Å². The van der Waals surface area contributed by atoms with Gasteiger partial charge in [-0.25, -0.2) is 0 Å². The summed E-state index contributed by atoms with van der Waals surface area (Å²) >= 11 is 5.92. The molecule has 0 aliphatic rings. The van der Waals surface area contributed by atoms with E-state index >= 15 is 0 Å². The van der Waals surface area contributed by atoms with E-state index < -0.39 is 11.5 Å². The van der Waals surface area contributed by atoms with Crippen molar-refractivity contribution in [3.8, 4) is 11.1 Å². The Hall–Kier alpha value is -2.53. The molecule has 2 aromatic carbocycles. The molecule has 6 heteroatoms. The summed E-state index contributed by atoms with van der Waals surface area (Å²) in [4.78, 5) is 26.2. The van der Waals surface area contributed by atoms with Crippen LogP contribution in [0.1, 0.15) is 5.56 Å². The average Bonchev–Trinajstić information content (AvgIpc) is 2.49. The molecule has 0 aliphatic carbocycles. The van der Waals surface area contributed by atoms with E-state index in [1.165, 1.54) is 0 Å². The number of H-pyrrole nitrogens is 1. The summed E-state index contributed by atoms with van der Waals surface area (Å²) in [6.07, 6.45) is -0.377. The number of fused-ring (bicyclic) bond motifs is 1. The van der Waals surface area contributed by atoms with Crippen molar-refractivity contribution in [2.75, 3.05) is 0 Å². The van der Waals surface area contributed by atoms with Gasteiger partial charge in [-0.05, 0) is 23.8 Å². The van der Waals surface area contributed by atoms with Crippen LogP contribution in [-0.2, 0) is 11.2 Å². The lowest BCUT2D eigenvalue weighted by atomic mass is 9.89. The first-order chi connectivity index (χ1) is 11.0. The molecule has 3 rings (SSSR count). The summed E-state index contributed by atoms with van der Waals surface area (Å²) < 4.78 is 0. The van der Waals surface area contributed by atoms with Gasteiger partial charge in [0.05, 0.1) is 6.42 Å². The molecule has 0 amide bonds. The van der Waals surface area contributed by atoms with Crippen molar-refractivity contribution in [2.45, 2.75) is 6.42 Å². The van der Waals surface area contributed by atoms with Crippen molar-refractivity contribution < 1.29 is 9.90 Å². The first-order valence-corrected chi connectivity index (χ1v) is 7.25. The van der Waals surface area contributed by atoms with Crippen molar-refractivity contribution in [3.05, 3.63) is 63.4 Å². The third-order valence-electron chi connectivity index (χ3n) is 3.60.